The van der Waals surface area contributed by atoms with Crippen molar-refractivity contribution in [2.45, 2.75) is 38.5 Å². The highest BCUT2D eigenvalue weighted by molar-refractivity contribution is 5.48. The van der Waals surface area contributed by atoms with Gasteiger partial charge in [0.1, 0.15) is 0 Å². The lowest BCUT2D eigenvalue weighted by atomic mass is 9.49. The summed E-state index contributed by atoms with van der Waals surface area (Å²) in [6.07, 6.45) is 14.0. The van der Waals surface area contributed by atoms with Crippen LogP contribution in [0.5, 0.6) is 0 Å². The van der Waals surface area contributed by atoms with Crippen molar-refractivity contribution >= 4 is 6.08 Å². The Kier molecular flexibility index (Phi) is 4.66. The first kappa shape index (κ1) is 17.0. The predicted octanol–water partition coefficient (Wildman–Crippen LogP) is 4.53. The van der Waals surface area contributed by atoms with Gasteiger partial charge in [-0.3, -0.25) is 4.90 Å². The summed E-state index contributed by atoms with van der Waals surface area (Å²) in [5.74, 6) is 3.27. The molecule has 0 spiro atoms. The molecule has 4 bridgehead atoms. The van der Waals surface area contributed by atoms with Crippen LogP contribution in [0.1, 0.15) is 44.1 Å². The molecule has 1 aromatic rings. The fourth-order valence-electron chi connectivity index (χ4n) is 6.99. The quantitative estimate of drug-likeness (QED) is 0.769. The number of benzene rings is 1. The molecule has 5 fully saturated rings. The first-order chi connectivity index (χ1) is 12.8. The smallest absolute Gasteiger partial charge is 0.0167 e. The van der Waals surface area contributed by atoms with Crippen molar-refractivity contribution in [2.24, 2.45) is 23.2 Å². The van der Waals surface area contributed by atoms with Gasteiger partial charge < -0.3 is 4.90 Å². The average Bonchev–Trinajstić information content (AvgIpc) is 2.63. The predicted molar refractivity (Wildman–Crippen MR) is 109 cm³/mol. The second kappa shape index (κ2) is 7.13. The van der Waals surface area contributed by atoms with E-state index >= 15 is 0 Å². The third-order valence-corrected chi connectivity index (χ3v) is 7.66. The maximum absolute atomic E-state index is 2.81. The van der Waals surface area contributed by atoms with Crippen LogP contribution in [0.4, 0.5) is 0 Å². The molecule has 0 atom stereocenters. The van der Waals surface area contributed by atoms with Crippen molar-refractivity contribution in [3.8, 4) is 0 Å². The molecular formula is C24H34N2. The van der Waals surface area contributed by atoms with E-state index in [9.17, 15) is 0 Å². The van der Waals surface area contributed by atoms with Crippen LogP contribution in [0.3, 0.4) is 0 Å². The van der Waals surface area contributed by atoms with Crippen molar-refractivity contribution in [1.82, 2.24) is 9.80 Å². The van der Waals surface area contributed by atoms with Crippen molar-refractivity contribution in [3.63, 3.8) is 0 Å². The van der Waals surface area contributed by atoms with Crippen LogP contribution >= 0.6 is 0 Å². The van der Waals surface area contributed by atoms with Crippen LogP contribution < -0.4 is 0 Å². The minimum atomic E-state index is 0.712. The van der Waals surface area contributed by atoms with Gasteiger partial charge in [-0.05, 0) is 67.3 Å². The number of hydrogen-bond donors (Lipinski definition) is 0. The first-order valence-corrected chi connectivity index (χ1v) is 10.9. The normalized spacial score (nSPS) is 37.6. The van der Waals surface area contributed by atoms with Crippen LogP contribution in [0, 0.1) is 23.2 Å². The van der Waals surface area contributed by atoms with E-state index < -0.39 is 0 Å². The molecule has 0 N–H and O–H groups in total. The fraction of sp³-hybridized carbons (Fsp3) is 0.667. The maximum atomic E-state index is 2.81. The highest BCUT2D eigenvalue weighted by Gasteiger charge is 2.51. The van der Waals surface area contributed by atoms with Gasteiger partial charge in [-0.25, -0.2) is 0 Å². The van der Waals surface area contributed by atoms with E-state index in [0.29, 0.717) is 5.41 Å². The highest BCUT2D eigenvalue weighted by Crippen LogP contribution is 2.60. The summed E-state index contributed by atoms with van der Waals surface area (Å²) in [6.45, 7) is 7.54. The third kappa shape index (κ3) is 3.64. The van der Waals surface area contributed by atoms with Crippen LogP contribution in [0.15, 0.2) is 36.4 Å². The lowest BCUT2D eigenvalue weighted by Gasteiger charge is -2.58. The summed E-state index contributed by atoms with van der Waals surface area (Å²) in [5, 5.41) is 0. The molecule has 1 aromatic carbocycles. The number of piperazine rings is 1. The molecule has 0 amide bonds. The van der Waals surface area contributed by atoms with Gasteiger partial charge in [0.05, 0.1) is 0 Å². The molecule has 1 heterocycles. The van der Waals surface area contributed by atoms with Crippen LogP contribution in [0.25, 0.3) is 6.08 Å². The van der Waals surface area contributed by atoms with Gasteiger partial charge in [0.2, 0.25) is 0 Å². The van der Waals surface area contributed by atoms with Gasteiger partial charge in [0.25, 0.3) is 0 Å². The van der Waals surface area contributed by atoms with E-state index in [1.165, 1.54) is 38.3 Å². The zero-order valence-corrected chi connectivity index (χ0v) is 16.2. The zero-order chi connectivity index (χ0) is 17.4. The lowest BCUT2D eigenvalue weighted by molar-refractivity contribution is -0.0732. The fourth-order valence-corrected chi connectivity index (χ4v) is 6.99. The van der Waals surface area contributed by atoms with Gasteiger partial charge in [-0.1, -0.05) is 42.5 Å². The zero-order valence-electron chi connectivity index (χ0n) is 16.2. The Bertz CT molecular complexity index is 592. The maximum Gasteiger partial charge on any atom is 0.0167 e. The Morgan fingerprint density at radius 3 is 2.00 bits per heavy atom. The third-order valence-electron chi connectivity index (χ3n) is 7.66. The molecular weight excluding hydrogens is 316 g/mol. The average molecular weight is 351 g/mol. The summed E-state index contributed by atoms with van der Waals surface area (Å²) < 4.78 is 0. The molecule has 4 saturated carbocycles. The molecule has 0 unspecified atom stereocenters. The Morgan fingerprint density at radius 2 is 1.38 bits per heavy atom. The Labute approximate surface area is 159 Å². The van der Waals surface area contributed by atoms with Crippen LogP contribution in [0.2, 0.25) is 0 Å². The van der Waals surface area contributed by atoms with Gasteiger partial charge in [-0.2, -0.15) is 0 Å². The van der Waals surface area contributed by atoms with Gasteiger partial charge in [0.15, 0.2) is 0 Å². The molecule has 1 aliphatic heterocycles. The van der Waals surface area contributed by atoms with Gasteiger partial charge in [-0.15, -0.1) is 0 Å². The minimum absolute atomic E-state index is 0.712. The van der Waals surface area contributed by atoms with E-state index in [1.807, 2.05) is 0 Å². The molecule has 6 rings (SSSR count). The minimum Gasteiger partial charge on any atom is -0.300 e. The molecule has 26 heavy (non-hydrogen) atoms. The van der Waals surface area contributed by atoms with Crippen molar-refractivity contribution in [1.29, 1.82) is 0 Å². The Morgan fingerprint density at radius 1 is 0.808 bits per heavy atom. The van der Waals surface area contributed by atoms with Gasteiger partial charge >= 0.3 is 0 Å². The summed E-state index contributed by atoms with van der Waals surface area (Å²) in [4.78, 5) is 5.43. The van der Waals surface area contributed by atoms with E-state index in [-0.39, 0.29) is 0 Å². The molecule has 4 aliphatic carbocycles. The SMILES string of the molecule is C(=C\c1ccccc1)/CN1CCN(CC23CC4CC(CC(C4)C2)C3)CC1. The monoisotopic (exact) mass is 350 g/mol. The Balaban J connectivity index is 1.10. The van der Waals surface area contributed by atoms with Crippen molar-refractivity contribution in [2.75, 3.05) is 39.3 Å². The van der Waals surface area contributed by atoms with E-state index in [2.05, 4.69) is 52.3 Å². The number of nitrogens with zero attached hydrogens (tertiary/aromatic N) is 2. The molecule has 0 aromatic heterocycles. The molecule has 5 aliphatic rings. The van der Waals surface area contributed by atoms with E-state index in [1.54, 1.807) is 38.5 Å². The first-order valence-electron chi connectivity index (χ1n) is 10.9. The molecule has 2 nitrogen and oxygen atoms in total. The second-order valence-electron chi connectivity index (χ2n) is 9.81. The summed E-state index contributed by atoms with van der Waals surface area (Å²) in [5.41, 5.74) is 2.03. The number of hydrogen-bond acceptors (Lipinski definition) is 2. The van der Waals surface area contributed by atoms with E-state index in [0.717, 1.165) is 24.3 Å². The summed E-state index contributed by atoms with van der Waals surface area (Å²) in [6, 6.07) is 10.7. The standard InChI is InChI=1S/C24H34N2/c1-2-5-20(6-3-1)7-4-8-25-9-11-26(12-10-25)19-24-16-21-13-22(17-24)15-23(14-21)18-24/h1-7,21-23H,8-19H2/b7-4+. The molecule has 2 heteroatoms. The number of rotatable bonds is 5. The van der Waals surface area contributed by atoms with Crippen LogP contribution in [-0.4, -0.2) is 49.1 Å². The van der Waals surface area contributed by atoms with Crippen LogP contribution in [-0.2, 0) is 0 Å². The van der Waals surface area contributed by atoms with Crippen molar-refractivity contribution in [3.05, 3.63) is 42.0 Å². The second-order valence-corrected chi connectivity index (χ2v) is 9.81. The molecule has 1 saturated heterocycles. The largest absolute Gasteiger partial charge is 0.300 e. The summed E-state index contributed by atoms with van der Waals surface area (Å²) >= 11 is 0. The van der Waals surface area contributed by atoms with Crippen molar-refractivity contribution < 1.29 is 0 Å². The summed E-state index contributed by atoms with van der Waals surface area (Å²) in [7, 11) is 0. The topological polar surface area (TPSA) is 6.48 Å². The highest BCUT2D eigenvalue weighted by atomic mass is 15.3. The van der Waals surface area contributed by atoms with Gasteiger partial charge in [0, 0.05) is 39.3 Å². The van der Waals surface area contributed by atoms with E-state index in [4.69, 9.17) is 0 Å². The molecule has 0 radical (unpaired) electrons. The lowest BCUT2D eigenvalue weighted by Crippen LogP contribution is -2.54. The molecule has 140 valence electrons. The Hall–Kier alpha value is -1.12.